The molecular formula is C28H24F3N7O3. The average Bonchev–Trinajstić information content (AvgIpc) is 2.95. The van der Waals surface area contributed by atoms with Crippen molar-refractivity contribution in [2.45, 2.75) is 19.1 Å². The van der Waals surface area contributed by atoms with Crippen LogP contribution < -0.4 is 26.6 Å². The number of hydrogen-bond acceptors (Lipinski definition) is 7. The number of nitrogens with one attached hydrogen (secondary N) is 3. The van der Waals surface area contributed by atoms with E-state index in [0.29, 0.717) is 22.8 Å². The summed E-state index contributed by atoms with van der Waals surface area (Å²) in [5.74, 6) is 1.66. The number of aryl methyl sites for hydroxylation is 1. The maximum absolute atomic E-state index is 13.0. The highest BCUT2D eigenvalue weighted by molar-refractivity contribution is 6.05. The maximum atomic E-state index is 13.0. The van der Waals surface area contributed by atoms with Gasteiger partial charge in [0.25, 0.3) is 5.91 Å². The molecule has 1 aliphatic carbocycles. The zero-order valence-electron chi connectivity index (χ0n) is 21.8. The highest BCUT2D eigenvalue weighted by Crippen LogP contribution is 2.30. The first-order valence-corrected chi connectivity index (χ1v) is 12.1. The fourth-order valence-electron chi connectivity index (χ4n) is 3.79. The molecular weight excluding hydrogens is 539 g/mol. The third-order valence-electron chi connectivity index (χ3n) is 6.05. The molecule has 0 spiro atoms. The summed E-state index contributed by atoms with van der Waals surface area (Å²) in [6.45, 7) is 1.73. The lowest BCUT2D eigenvalue weighted by Gasteiger charge is -2.21. The number of halogens is 3. The Kier molecular flexibility index (Phi) is 8.20. The lowest BCUT2D eigenvalue weighted by Crippen LogP contribution is -2.32. The summed E-state index contributed by atoms with van der Waals surface area (Å²) >= 11 is 0. The first kappa shape index (κ1) is 28.6. The van der Waals surface area contributed by atoms with Gasteiger partial charge in [-0.2, -0.15) is 13.2 Å². The molecule has 1 atom stereocenters. The fourth-order valence-corrected chi connectivity index (χ4v) is 3.79. The molecule has 5 N–H and O–H groups in total. The number of benzene rings is 2. The Labute approximate surface area is 232 Å². The van der Waals surface area contributed by atoms with E-state index in [9.17, 15) is 27.6 Å². The average molecular weight is 564 g/mol. The second kappa shape index (κ2) is 11.8. The monoisotopic (exact) mass is 563 g/mol. The van der Waals surface area contributed by atoms with E-state index in [1.165, 1.54) is 42.6 Å². The Hall–Kier alpha value is -5.42. The van der Waals surface area contributed by atoms with Gasteiger partial charge in [-0.15, -0.1) is 0 Å². The van der Waals surface area contributed by atoms with Crippen molar-refractivity contribution in [3.05, 3.63) is 101 Å². The number of anilines is 4. The van der Waals surface area contributed by atoms with Crippen molar-refractivity contribution >= 4 is 40.9 Å². The van der Waals surface area contributed by atoms with Crippen LogP contribution >= 0.6 is 0 Å². The molecule has 0 bridgehead atoms. The summed E-state index contributed by atoms with van der Waals surface area (Å²) in [6, 6.07) is 9.17. The number of rotatable bonds is 6. The Morgan fingerprint density at radius 3 is 2.59 bits per heavy atom. The minimum atomic E-state index is -4.58. The number of carbonyl (C=O) groups excluding carboxylic acids is 3. The van der Waals surface area contributed by atoms with Gasteiger partial charge in [-0.1, -0.05) is 18.2 Å². The Balaban J connectivity index is 1.45. The summed E-state index contributed by atoms with van der Waals surface area (Å²) in [5, 5.41) is 8.33. The van der Waals surface area contributed by atoms with E-state index in [2.05, 4.69) is 25.9 Å². The van der Waals surface area contributed by atoms with E-state index in [1.54, 1.807) is 31.2 Å². The van der Waals surface area contributed by atoms with Crippen LogP contribution in [0.3, 0.4) is 0 Å². The molecule has 3 aromatic rings. The highest BCUT2D eigenvalue weighted by atomic mass is 19.4. The molecule has 1 aromatic heterocycles. The first-order valence-electron chi connectivity index (χ1n) is 12.1. The van der Waals surface area contributed by atoms with Crippen molar-refractivity contribution in [2.24, 2.45) is 5.73 Å². The van der Waals surface area contributed by atoms with Crippen LogP contribution in [0.15, 0.2) is 84.4 Å². The fraction of sp³-hybridized carbons (Fsp3) is 0.143. The number of allylic oxidation sites excluding steroid dienone is 1. The van der Waals surface area contributed by atoms with Gasteiger partial charge in [0.15, 0.2) is 0 Å². The smallest absolute Gasteiger partial charge is 0.399 e. The minimum absolute atomic E-state index is 0.169. The highest BCUT2D eigenvalue weighted by Gasteiger charge is 2.31. The molecule has 2 aromatic carbocycles. The zero-order valence-corrected chi connectivity index (χ0v) is 21.8. The molecule has 0 saturated heterocycles. The van der Waals surface area contributed by atoms with Crippen molar-refractivity contribution in [2.75, 3.05) is 27.9 Å². The molecule has 41 heavy (non-hydrogen) atoms. The number of urea groups is 1. The predicted molar refractivity (Wildman–Crippen MR) is 148 cm³/mol. The molecule has 0 saturated carbocycles. The van der Waals surface area contributed by atoms with Gasteiger partial charge in [0.2, 0.25) is 0 Å². The summed E-state index contributed by atoms with van der Waals surface area (Å²) < 4.78 is 39.1. The normalized spacial score (nSPS) is 14.5. The minimum Gasteiger partial charge on any atom is -0.399 e. The predicted octanol–water partition coefficient (Wildman–Crippen LogP) is 4.68. The van der Waals surface area contributed by atoms with Gasteiger partial charge in [0.05, 0.1) is 17.2 Å². The molecule has 3 amide bonds. The van der Waals surface area contributed by atoms with E-state index >= 15 is 0 Å². The van der Waals surface area contributed by atoms with E-state index < -0.39 is 29.7 Å². The van der Waals surface area contributed by atoms with Gasteiger partial charge in [-0.25, -0.2) is 19.6 Å². The number of alkyl halides is 3. The van der Waals surface area contributed by atoms with Crippen LogP contribution in [0.1, 0.15) is 21.5 Å². The van der Waals surface area contributed by atoms with Crippen LogP contribution in [-0.2, 0) is 11.0 Å². The number of hydrogen-bond donors (Lipinski definition) is 4. The van der Waals surface area contributed by atoms with Crippen LogP contribution in [0.25, 0.3) is 0 Å². The maximum Gasteiger partial charge on any atom is 0.416 e. The van der Waals surface area contributed by atoms with Crippen molar-refractivity contribution < 1.29 is 27.6 Å². The van der Waals surface area contributed by atoms with Gasteiger partial charge >= 0.3 is 12.2 Å². The quantitative estimate of drug-likeness (QED) is 0.319. The first-order chi connectivity index (χ1) is 19.4. The Morgan fingerprint density at radius 1 is 1.07 bits per heavy atom. The lowest BCUT2D eigenvalue weighted by atomic mass is 10.0. The zero-order chi connectivity index (χ0) is 29.7. The molecule has 1 unspecified atom stereocenters. The van der Waals surface area contributed by atoms with Gasteiger partial charge in [-0.3, -0.25) is 9.69 Å². The van der Waals surface area contributed by atoms with Crippen LogP contribution in [0, 0.1) is 6.92 Å². The molecule has 1 heterocycles. The van der Waals surface area contributed by atoms with Crippen LogP contribution in [0.4, 0.5) is 41.0 Å². The van der Waals surface area contributed by atoms with Crippen molar-refractivity contribution in [1.82, 2.24) is 9.97 Å². The second-order valence-electron chi connectivity index (χ2n) is 9.00. The largest absolute Gasteiger partial charge is 0.416 e. The Morgan fingerprint density at radius 2 is 1.85 bits per heavy atom. The third-order valence-corrected chi connectivity index (χ3v) is 6.05. The van der Waals surface area contributed by atoms with Gasteiger partial charge in [0, 0.05) is 35.7 Å². The molecule has 13 heteroatoms. The number of amides is 3. The lowest BCUT2D eigenvalue weighted by molar-refractivity contribution is -0.137. The van der Waals surface area contributed by atoms with Crippen molar-refractivity contribution in [3.8, 4) is 0 Å². The van der Waals surface area contributed by atoms with Gasteiger partial charge in [-0.05, 0) is 55.0 Å². The van der Waals surface area contributed by atoms with Gasteiger partial charge in [0.1, 0.15) is 23.9 Å². The van der Waals surface area contributed by atoms with Crippen LogP contribution in [-0.4, -0.2) is 40.9 Å². The van der Waals surface area contributed by atoms with Crippen LogP contribution in [0.2, 0.25) is 0 Å². The van der Waals surface area contributed by atoms with Crippen molar-refractivity contribution in [3.63, 3.8) is 0 Å². The molecule has 0 aliphatic heterocycles. The topological polar surface area (TPSA) is 142 Å². The Bertz CT molecular complexity index is 1610. The number of nitrogens with zero attached hydrogens (tertiary/aromatic N) is 3. The summed E-state index contributed by atoms with van der Waals surface area (Å²) in [6.07, 6.45) is 1.47. The number of carbonyl (C=O) groups is 2. The van der Waals surface area contributed by atoms with E-state index in [0.717, 1.165) is 18.2 Å². The molecule has 0 radical (unpaired) electrons. The third kappa shape index (κ3) is 6.97. The summed E-state index contributed by atoms with van der Waals surface area (Å²) in [5.41, 5.74) is 6.59. The van der Waals surface area contributed by atoms with E-state index in [1.807, 2.05) is 5.94 Å². The molecule has 210 valence electrons. The van der Waals surface area contributed by atoms with Gasteiger partial charge < -0.3 is 21.7 Å². The molecule has 1 aliphatic rings. The van der Waals surface area contributed by atoms with Crippen LogP contribution in [0.5, 0.6) is 0 Å². The molecule has 10 nitrogen and oxygen atoms in total. The number of aromatic nitrogens is 2. The van der Waals surface area contributed by atoms with E-state index in [4.69, 9.17) is 5.73 Å². The standard InChI is InChI=1S/C28H24F3N7O3/c1-16-6-8-21(35-26(40)17-4-3-5-19(10-17)28(29,30)31)12-23(16)37-27(41)38(2)25-13-24(33-15-34-25)36-22-9-7-20(32)11-18(22)14-39/h3-13,15,22H,32H2,1-2H3,(H,35,40)(H,37,41)(H,33,34,36). The SMILES string of the molecule is Cc1ccc(NC(=O)c2cccc(C(F)(F)F)c2)cc1NC(=O)N(C)c1cc(NC2C=CC(N)=CC2=C=O)ncn1. The molecule has 0 fully saturated rings. The molecule has 4 rings (SSSR count). The summed E-state index contributed by atoms with van der Waals surface area (Å²) in [4.78, 5) is 46.4. The van der Waals surface area contributed by atoms with E-state index in [-0.39, 0.29) is 22.6 Å². The number of nitrogens with two attached hydrogens (primary N) is 1. The van der Waals surface area contributed by atoms with Crippen molar-refractivity contribution in [1.29, 1.82) is 0 Å². The second-order valence-corrected chi connectivity index (χ2v) is 9.00. The summed E-state index contributed by atoms with van der Waals surface area (Å²) in [7, 11) is 1.48.